The Balaban J connectivity index is 2.33. The minimum Gasteiger partial charge on any atom is -0.346 e. The van der Waals surface area contributed by atoms with Crippen LogP contribution >= 0.6 is 0 Å². The smallest absolute Gasteiger partial charge is 0.268 e. The third kappa shape index (κ3) is 3.34. The highest BCUT2D eigenvalue weighted by Gasteiger charge is 2.39. The summed E-state index contributed by atoms with van der Waals surface area (Å²) in [7, 11) is -4.05. The Labute approximate surface area is 115 Å². The lowest BCUT2D eigenvalue weighted by atomic mass is 10.3. The second-order valence-corrected chi connectivity index (χ2v) is 6.73. The first-order valence-corrected chi connectivity index (χ1v) is 7.49. The van der Waals surface area contributed by atoms with Gasteiger partial charge in [-0.1, -0.05) is 0 Å². The summed E-state index contributed by atoms with van der Waals surface area (Å²) >= 11 is 0. The summed E-state index contributed by atoms with van der Waals surface area (Å²) in [6.45, 7) is 1.06. The Morgan fingerprint density at radius 1 is 1.55 bits per heavy atom. The average molecular weight is 307 g/mol. The molecule has 112 valence electrons. The molecule has 1 aromatic heterocycles. The topological polar surface area (TPSA) is 94.2 Å². The molecular formula is C11H15F2N3O3S. The van der Waals surface area contributed by atoms with E-state index >= 15 is 0 Å². The molecule has 0 unspecified atom stereocenters. The van der Waals surface area contributed by atoms with E-state index in [1.54, 1.807) is 0 Å². The minimum absolute atomic E-state index is 0.137. The number of sulfonamides is 1. The van der Waals surface area contributed by atoms with Crippen molar-refractivity contribution < 1.29 is 22.0 Å². The van der Waals surface area contributed by atoms with Gasteiger partial charge in [0.05, 0.1) is 6.54 Å². The molecule has 0 spiro atoms. The van der Waals surface area contributed by atoms with E-state index in [1.807, 2.05) is 6.92 Å². The lowest BCUT2D eigenvalue weighted by Crippen LogP contribution is -2.35. The number of hydrogen-bond acceptors (Lipinski definition) is 3. The molecule has 0 atom stereocenters. The van der Waals surface area contributed by atoms with E-state index in [1.165, 1.54) is 0 Å². The van der Waals surface area contributed by atoms with Crippen molar-refractivity contribution in [2.45, 2.75) is 43.2 Å². The highest BCUT2D eigenvalue weighted by molar-refractivity contribution is 7.89. The third-order valence-corrected chi connectivity index (χ3v) is 4.06. The van der Waals surface area contributed by atoms with Gasteiger partial charge in [-0.05, 0) is 25.8 Å². The molecule has 1 saturated carbocycles. The van der Waals surface area contributed by atoms with Crippen molar-refractivity contribution in [1.82, 2.24) is 9.88 Å². The number of alkyl halides is 2. The maximum Gasteiger partial charge on any atom is 0.268 e. The number of amides is 1. The van der Waals surface area contributed by atoms with E-state index in [0.717, 1.165) is 29.7 Å². The minimum atomic E-state index is -4.05. The molecule has 6 nitrogen and oxygen atoms in total. The molecule has 2 rings (SSSR count). The van der Waals surface area contributed by atoms with Gasteiger partial charge in [0.2, 0.25) is 10.0 Å². The number of nitrogens with zero attached hydrogens (tertiary/aromatic N) is 1. The van der Waals surface area contributed by atoms with Gasteiger partial charge >= 0.3 is 0 Å². The summed E-state index contributed by atoms with van der Waals surface area (Å²) in [5.74, 6) is -0.583. The molecular weight excluding hydrogens is 292 g/mol. The molecule has 1 aliphatic carbocycles. The fourth-order valence-electron chi connectivity index (χ4n) is 1.78. The number of carbonyl (C=O) groups excluding carboxylic acids is 1. The van der Waals surface area contributed by atoms with Gasteiger partial charge in [-0.3, -0.25) is 4.79 Å². The van der Waals surface area contributed by atoms with Crippen molar-refractivity contribution in [3.8, 4) is 0 Å². The number of hydrogen-bond donors (Lipinski definition) is 2. The highest BCUT2D eigenvalue weighted by Crippen LogP contribution is 2.34. The number of carbonyl (C=O) groups is 1. The van der Waals surface area contributed by atoms with Crippen LogP contribution in [0.1, 0.15) is 30.3 Å². The number of nitrogens with two attached hydrogens (primary N) is 1. The van der Waals surface area contributed by atoms with Crippen molar-refractivity contribution in [3.63, 3.8) is 0 Å². The molecule has 1 amide bonds. The van der Waals surface area contributed by atoms with Crippen LogP contribution in [0.4, 0.5) is 8.78 Å². The number of rotatable bonds is 5. The maximum absolute atomic E-state index is 12.5. The summed E-state index contributed by atoms with van der Waals surface area (Å²) < 4.78 is 48.4. The van der Waals surface area contributed by atoms with Crippen LogP contribution in [0.3, 0.4) is 0 Å². The zero-order valence-electron chi connectivity index (χ0n) is 10.8. The van der Waals surface area contributed by atoms with Crippen LogP contribution in [0.5, 0.6) is 0 Å². The third-order valence-electron chi connectivity index (χ3n) is 3.18. The van der Waals surface area contributed by atoms with Crippen molar-refractivity contribution in [2.75, 3.05) is 0 Å². The highest BCUT2D eigenvalue weighted by atomic mass is 32.2. The second-order valence-electron chi connectivity index (χ2n) is 5.16. The molecule has 0 aromatic carbocycles. The van der Waals surface area contributed by atoms with Gasteiger partial charge in [-0.25, -0.2) is 22.3 Å². The van der Waals surface area contributed by atoms with E-state index in [4.69, 9.17) is 5.14 Å². The monoisotopic (exact) mass is 307 g/mol. The van der Waals surface area contributed by atoms with Crippen molar-refractivity contribution in [2.24, 2.45) is 5.14 Å². The zero-order chi connectivity index (χ0) is 15.1. The van der Waals surface area contributed by atoms with Crippen LogP contribution in [0.25, 0.3) is 0 Å². The molecule has 1 aromatic rings. The van der Waals surface area contributed by atoms with E-state index in [9.17, 15) is 22.0 Å². The van der Waals surface area contributed by atoms with Crippen LogP contribution in [-0.2, 0) is 16.6 Å². The van der Waals surface area contributed by atoms with Gasteiger partial charge in [-0.2, -0.15) is 0 Å². The average Bonchev–Trinajstić information content (AvgIpc) is 2.84. The molecule has 3 N–H and O–H groups in total. The molecule has 0 radical (unpaired) electrons. The zero-order valence-corrected chi connectivity index (χ0v) is 11.6. The van der Waals surface area contributed by atoms with Gasteiger partial charge in [0.15, 0.2) is 0 Å². The van der Waals surface area contributed by atoms with E-state index < -0.39 is 28.9 Å². The standard InChI is InChI=1S/C11H15F2N3O3S/c1-11(2-3-11)15-10(17)8-4-7(20(14,18)19)5-16(8)6-9(12)13/h4-5,9H,2-3,6H2,1H3,(H,15,17)(H2,14,18,19). The molecule has 1 fully saturated rings. The summed E-state index contributed by atoms with van der Waals surface area (Å²) in [6, 6.07) is 1.01. The van der Waals surface area contributed by atoms with E-state index in [-0.39, 0.29) is 16.1 Å². The fraction of sp³-hybridized carbons (Fsp3) is 0.545. The van der Waals surface area contributed by atoms with Crippen LogP contribution in [0, 0.1) is 0 Å². The molecule has 0 aliphatic heterocycles. The summed E-state index contributed by atoms with van der Waals surface area (Å²) in [6.07, 6.45) is -0.156. The van der Waals surface area contributed by atoms with Crippen molar-refractivity contribution >= 4 is 15.9 Å². The van der Waals surface area contributed by atoms with E-state index in [0.29, 0.717) is 0 Å². The van der Waals surface area contributed by atoms with Crippen LogP contribution in [0.2, 0.25) is 0 Å². The number of halogens is 2. The number of aromatic nitrogens is 1. The van der Waals surface area contributed by atoms with Gasteiger partial charge in [-0.15, -0.1) is 0 Å². The Morgan fingerprint density at radius 2 is 2.15 bits per heavy atom. The lowest BCUT2D eigenvalue weighted by Gasteiger charge is -2.13. The molecule has 20 heavy (non-hydrogen) atoms. The number of primary sulfonamides is 1. The molecule has 0 saturated heterocycles. The Kier molecular flexibility index (Phi) is 3.59. The number of nitrogens with one attached hydrogen (secondary N) is 1. The summed E-state index contributed by atoms with van der Waals surface area (Å²) in [4.78, 5) is 11.7. The predicted molar refractivity (Wildman–Crippen MR) is 66.9 cm³/mol. The van der Waals surface area contributed by atoms with Crippen LogP contribution in [-0.4, -0.2) is 30.9 Å². The van der Waals surface area contributed by atoms with Crippen molar-refractivity contribution in [3.05, 3.63) is 18.0 Å². The van der Waals surface area contributed by atoms with Crippen LogP contribution < -0.4 is 10.5 Å². The lowest BCUT2D eigenvalue weighted by molar-refractivity contribution is 0.0913. The Bertz CT molecular complexity index is 635. The van der Waals surface area contributed by atoms with Gasteiger partial charge < -0.3 is 9.88 Å². The normalized spacial score (nSPS) is 17.2. The Hall–Kier alpha value is -1.48. The van der Waals surface area contributed by atoms with Gasteiger partial charge in [0.1, 0.15) is 10.6 Å². The molecule has 1 aliphatic rings. The first-order valence-electron chi connectivity index (χ1n) is 5.94. The van der Waals surface area contributed by atoms with Gasteiger partial charge in [0.25, 0.3) is 12.3 Å². The van der Waals surface area contributed by atoms with E-state index in [2.05, 4.69) is 5.32 Å². The summed E-state index contributed by atoms with van der Waals surface area (Å²) in [5, 5.41) is 7.63. The van der Waals surface area contributed by atoms with Gasteiger partial charge in [0, 0.05) is 11.7 Å². The van der Waals surface area contributed by atoms with Crippen molar-refractivity contribution in [1.29, 1.82) is 0 Å². The Morgan fingerprint density at radius 3 is 2.60 bits per heavy atom. The predicted octanol–water partition coefficient (Wildman–Crippen LogP) is 0.683. The molecule has 9 heteroatoms. The molecule has 0 bridgehead atoms. The summed E-state index contributed by atoms with van der Waals surface area (Å²) in [5.41, 5.74) is -0.471. The molecule has 1 heterocycles. The largest absolute Gasteiger partial charge is 0.346 e. The maximum atomic E-state index is 12.5. The van der Waals surface area contributed by atoms with Crippen LogP contribution in [0.15, 0.2) is 17.2 Å². The quantitative estimate of drug-likeness (QED) is 0.837. The SMILES string of the molecule is CC1(NC(=O)c2cc(S(N)(=O)=O)cn2CC(F)F)CC1. The second kappa shape index (κ2) is 4.81. The first kappa shape index (κ1) is 14.9. The first-order chi connectivity index (χ1) is 9.11. The fourth-order valence-corrected chi connectivity index (χ4v) is 2.33.